The first-order chi connectivity index (χ1) is 9.15. The maximum absolute atomic E-state index is 5.55. The normalized spacial score (nSPS) is 20.0. The Morgan fingerprint density at radius 2 is 2.21 bits per heavy atom. The van der Waals surface area contributed by atoms with Crippen LogP contribution in [0.3, 0.4) is 0 Å². The van der Waals surface area contributed by atoms with E-state index in [1.807, 2.05) is 12.1 Å². The molecule has 3 nitrogen and oxygen atoms in total. The van der Waals surface area contributed by atoms with E-state index in [1.54, 1.807) is 0 Å². The molecule has 0 bridgehead atoms. The van der Waals surface area contributed by atoms with Crippen molar-refractivity contribution in [1.29, 1.82) is 0 Å². The van der Waals surface area contributed by atoms with Crippen molar-refractivity contribution in [3.63, 3.8) is 0 Å². The molecule has 0 spiro atoms. The summed E-state index contributed by atoms with van der Waals surface area (Å²) in [7, 11) is 0. The molecule has 1 aromatic carbocycles. The van der Waals surface area contributed by atoms with Crippen LogP contribution in [0, 0.1) is 0 Å². The van der Waals surface area contributed by atoms with Crippen molar-refractivity contribution in [3.8, 4) is 0 Å². The molecule has 5 heteroatoms. The van der Waals surface area contributed by atoms with Gasteiger partial charge in [-0.25, -0.2) is 0 Å². The summed E-state index contributed by atoms with van der Waals surface area (Å²) in [6, 6.07) is 8.44. The van der Waals surface area contributed by atoms with Gasteiger partial charge >= 0.3 is 0 Å². The first-order valence-corrected chi connectivity index (χ1v) is 7.76. The van der Waals surface area contributed by atoms with Crippen LogP contribution in [-0.4, -0.2) is 24.4 Å². The van der Waals surface area contributed by atoms with Gasteiger partial charge in [0.1, 0.15) is 0 Å². The number of nitrogens with one attached hydrogen (secondary N) is 2. The highest BCUT2D eigenvalue weighted by molar-refractivity contribution is 9.10. The van der Waals surface area contributed by atoms with Crippen LogP contribution in [0.5, 0.6) is 0 Å². The van der Waals surface area contributed by atoms with Crippen LogP contribution in [0.1, 0.15) is 31.4 Å². The van der Waals surface area contributed by atoms with Gasteiger partial charge in [0, 0.05) is 17.6 Å². The minimum Gasteiger partial charge on any atom is -0.376 e. The fourth-order valence-corrected chi connectivity index (χ4v) is 2.62. The summed E-state index contributed by atoms with van der Waals surface area (Å²) in [4.78, 5) is 0. The molecule has 1 aliphatic heterocycles. The van der Waals surface area contributed by atoms with E-state index in [9.17, 15) is 0 Å². The maximum atomic E-state index is 5.55. The third kappa shape index (κ3) is 4.75. The Morgan fingerprint density at radius 1 is 1.47 bits per heavy atom. The van der Waals surface area contributed by atoms with Gasteiger partial charge in [0.2, 0.25) is 0 Å². The number of ether oxygens (including phenoxy) is 1. The molecule has 0 radical (unpaired) electrons. The van der Waals surface area contributed by atoms with E-state index >= 15 is 0 Å². The molecule has 2 rings (SSSR count). The lowest BCUT2D eigenvalue weighted by Gasteiger charge is -2.19. The summed E-state index contributed by atoms with van der Waals surface area (Å²) < 4.78 is 6.64. The SMILES string of the molecule is C[C@@H](NC(=S)NC[C@@H]1CCCO1)c1ccc(Br)cc1. The molecule has 0 saturated carbocycles. The van der Waals surface area contributed by atoms with Gasteiger partial charge in [-0.15, -0.1) is 0 Å². The summed E-state index contributed by atoms with van der Waals surface area (Å²) in [5.74, 6) is 0. The van der Waals surface area contributed by atoms with Crippen molar-refractivity contribution >= 4 is 33.3 Å². The van der Waals surface area contributed by atoms with Crippen LogP contribution in [0.4, 0.5) is 0 Å². The van der Waals surface area contributed by atoms with E-state index in [0.29, 0.717) is 11.2 Å². The molecule has 2 atom stereocenters. The molecule has 0 unspecified atom stereocenters. The Hall–Kier alpha value is -0.650. The highest BCUT2D eigenvalue weighted by Crippen LogP contribution is 2.16. The standard InChI is InChI=1S/C14H19BrN2OS/c1-10(11-4-6-12(15)7-5-11)17-14(19)16-9-13-3-2-8-18-13/h4-7,10,13H,2-3,8-9H2,1H3,(H2,16,17,19)/t10-,13+/m1/s1. The predicted octanol–water partition coefficient (Wildman–Crippen LogP) is 3.15. The molecule has 0 aliphatic carbocycles. The predicted molar refractivity (Wildman–Crippen MR) is 85.3 cm³/mol. The quantitative estimate of drug-likeness (QED) is 0.823. The summed E-state index contributed by atoms with van der Waals surface area (Å²) in [6.07, 6.45) is 2.59. The van der Waals surface area contributed by atoms with E-state index in [1.165, 1.54) is 5.56 Å². The fourth-order valence-electron chi connectivity index (χ4n) is 2.09. The number of thiocarbonyl (C=S) groups is 1. The van der Waals surface area contributed by atoms with Crippen molar-refractivity contribution in [2.75, 3.05) is 13.2 Å². The third-order valence-corrected chi connectivity index (χ3v) is 4.02. The van der Waals surface area contributed by atoms with Crippen LogP contribution < -0.4 is 10.6 Å². The molecule has 0 amide bonds. The van der Waals surface area contributed by atoms with Gasteiger partial charge in [0.05, 0.1) is 12.1 Å². The molecule has 1 heterocycles. The molecule has 19 heavy (non-hydrogen) atoms. The van der Waals surface area contributed by atoms with Crippen molar-refractivity contribution in [1.82, 2.24) is 10.6 Å². The van der Waals surface area contributed by atoms with E-state index < -0.39 is 0 Å². The topological polar surface area (TPSA) is 33.3 Å². The van der Waals surface area contributed by atoms with Crippen LogP contribution in [0.25, 0.3) is 0 Å². The first kappa shape index (κ1) is 14.8. The van der Waals surface area contributed by atoms with E-state index in [4.69, 9.17) is 17.0 Å². The number of rotatable bonds is 4. The van der Waals surface area contributed by atoms with Gasteiger partial charge < -0.3 is 15.4 Å². The highest BCUT2D eigenvalue weighted by atomic mass is 79.9. The monoisotopic (exact) mass is 342 g/mol. The minimum atomic E-state index is 0.192. The third-order valence-electron chi connectivity index (χ3n) is 3.23. The van der Waals surface area contributed by atoms with Gasteiger partial charge in [-0.3, -0.25) is 0 Å². The molecular formula is C14H19BrN2OS. The molecular weight excluding hydrogens is 324 g/mol. The summed E-state index contributed by atoms with van der Waals surface area (Å²) in [5, 5.41) is 7.20. The molecule has 1 aromatic rings. The van der Waals surface area contributed by atoms with Crippen LogP contribution in [-0.2, 0) is 4.74 Å². The summed E-state index contributed by atoms with van der Waals surface area (Å²) >= 11 is 8.74. The Kier molecular flexibility index (Phi) is 5.60. The molecule has 104 valence electrons. The Balaban J connectivity index is 1.76. The van der Waals surface area contributed by atoms with Crippen molar-refractivity contribution in [2.24, 2.45) is 0 Å². The molecule has 0 aromatic heterocycles. The second-order valence-electron chi connectivity index (χ2n) is 4.76. The van der Waals surface area contributed by atoms with Gasteiger partial charge in [0.15, 0.2) is 5.11 Å². The van der Waals surface area contributed by atoms with E-state index in [2.05, 4.69) is 45.6 Å². The molecule has 2 N–H and O–H groups in total. The van der Waals surface area contributed by atoms with Gasteiger partial charge in [-0.2, -0.15) is 0 Å². The lowest BCUT2D eigenvalue weighted by atomic mass is 10.1. The van der Waals surface area contributed by atoms with Gasteiger partial charge in [-0.1, -0.05) is 28.1 Å². The number of halogens is 1. The second kappa shape index (κ2) is 7.22. The van der Waals surface area contributed by atoms with Crippen LogP contribution >= 0.6 is 28.1 Å². The minimum absolute atomic E-state index is 0.192. The molecule has 1 fully saturated rings. The Bertz CT molecular complexity index is 418. The number of benzene rings is 1. The summed E-state index contributed by atoms with van der Waals surface area (Å²) in [5.41, 5.74) is 1.21. The van der Waals surface area contributed by atoms with Crippen LogP contribution in [0.15, 0.2) is 28.7 Å². The zero-order valence-electron chi connectivity index (χ0n) is 11.0. The van der Waals surface area contributed by atoms with E-state index in [0.717, 1.165) is 30.5 Å². The summed E-state index contributed by atoms with van der Waals surface area (Å²) in [6.45, 7) is 3.77. The Labute approximate surface area is 128 Å². The average molecular weight is 343 g/mol. The number of hydrogen-bond donors (Lipinski definition) is 2. The smallest absolute Gasteiger partial charge is 0.166 e. The van der Waals surface area contributed by atoms with Crippen molar-refractivity contribution in [2.45, 2.75) is 31.9 Å². The van der Waals surface area contributed by atoms with Gasteiger partial charge in [-0.05, 0) is 49.7 Å². The van der Waals surface area contributed by atoms with E-state index in [-0.39, 0.29) is 6.04 Å². The lowest BCUT2D eigenvalue weighted by molar-refractivity contribution is 0.114. The second-order valence-corrected chi connectivity index (χ2v) is 6.09. The first-order valence-electron chi connectivity index (χ1n) is 6.56. The zero-order valence-corrected chi connectivity index (χ0v) is 13.4. The van der Waals surface area contributed by atoms with Crippen molar-refractivity contribution in [3.05, 3.63) is 34.3 Å². The maximum Gasteiger partial charge on any atom is 0.166 e. The van der Waals surface area contributed by atoms with Gasteiger partial charge in [0.25, 0.3) is 0 Å². The zero-order chi connectivity index (χ0) is 13.7. The average Bonchev–Trinajstić information content (AvgIpc) is 2.90. The number of hydrogen-bond acceptors (Lipinski definition) is 2. The highest BCUT2D eigenvalue weighted by Gasteiger charge is 2.15. The molecule has 1 aliphatic rings. The molecule has 1 saturated heterocycles. The Morgan fingerprint density at radius 3 is 2.84 bits per heavy atom. The van der Waals surface area contributed by atoms with Crippen LogP contribution in [0.2, 0.25) is 0 Å². The van der Waals surface area contributed by atoms with Crippen molar-refractivity contribution < 1.29 is 4.74 Å². The fraction of sp³-hybridized carbons (Fsp3) is 0.500. The largest absolute Gasteiger partial charge is 0.376 e. The lowest BCUT2D eigenvalue weighted by Crippen LogP contribution is -2.40.